The van der Waals surface area contributed by atoms with Crippen LogP contribution in [0.15, 0.2) is 72.8 Å². The normalized spacial score (nSPS) is 21.5. The first-order valence-electron chi connectivity index (χ1n) is 6.61. The molecule has 3 aromatic rings. The van der Waals surface area contributed by atoms with Gasteiger partial charge in [-0.25, -0.2) is 0 Å². The number of benzene rings is 3. The largest absolute Gasteiger partial charge is 0.359 e. The molecule has 19 heavy (non-hydrogen) atoms. The second-order valence-corrected chi connectivity index (χ2v) is 4.99. The van der Waals surface area contributed by atoms with Gasteiger partial charge in [0.25, 0.3) is 0 Å². The lowest BCUT2D eigenvalue weighted by molar-refractivity contribution is 0.378. The van der Waals surface area contributed by atoms with Crippen LogP contribution in [-0.2, 0) is 4.74 Å². The van der Waals surface area contributed by atoms with E-state index in [1.807, 2.05) is 6.07 Å². The number of fused-ring (bicyclic) bond motifs is 1. The van der Waals surface area contributed by atoms with Gasteiger partial charge in [-0.15, -0.1) is 0 Å². The molecule has 1 heterocycles. The van der Waals surface area contributed by atoms with E-state index in [1.165, 1.54) is 21.9 Å². The lowest BCUT2D eigenvalue weighted by atomic mass is 10.0. The van der Waals surface area contributed by atoms with E-state index in [4.69, 9.17) is 4.74 Å². The molecule has 0 spiro atoms. The maximum atomic E-state index is 5.84. The van der Waals surface area contributed by atoms with E-state index in [0.717, 1.165) is 0 Å². The predicted molar refractivity (Wildman–Crippen MR) is 77.0 cm³/mol. The third-order valence-electron chi connectivity index (χ3n) is 3.72. The van der Waals surface area contributed by atoms with Crippen molar-refractivity contribution in [1.29, 1.82) is 0 Å². The van der Waals surface area contributed by atoms with Crippen molar-refractivity contribution < 1.29 is 4.74 Å². The van der Waals surface area contributed by atoms with Gasteiger partial charge in [-0.2, -0.15) is 0 Å². The fourth-order valence-electron chi connectivity index (χ4n) is 2.65. The van der Waals surface area contributed by atoms with Crippen molar-refractivity contribution in [3.8, 4) is 0 Å². The fraction of sp³-hybridized carbons (Fsp3) is 0.111. The number of rotatable bonds is 2. The summed E-state index contributed by atoms with van der Waals surface area (Å²) in [7, 11) is 0. The monoisotopic (exact) mass is 246 g/mol. The second-order valence-electron chi connectivity index (χ2n) is 4.99. The Kier molecular flexibility index (Phi) is 2.39. The zero-order chi connectivity index (χ0) is 12.7. The van der Waals surface area contributed by atoms with Crippen LogP contribution in [0.25, 0.3) is 10.8 Å². The number of hydrogen-bond acceptors (Lipinski definition) is 1. The Morgan fingerprint density at radius 2 is 1.26 bits per heavy atom. The highest BCUT2D eigenvalue weighted by Gasteiger charge is 2.41. The maximum Gasteiger partial charge on any atom is 0.114 e. The minimum Gasteiger partial charge on any atom is -0.359 e. The predicted octanol–water partition coefficient (Wildman–Crippen LogP) is 4.65. The summed E-state index contributed by atoms with van der Waals surface area (Å²) in [6.07, 6.45) is 0.439. The van der Waals surface area contributed by atoms with Gasteiger partial charge in [-0.3, -0.25) is 0 Å². The molecule has 1 saturated heterocycles. The van der Waals surface area contributed by atoms with Crippen molar-refractivity contribution in [3.05, 3.63) is 83.9 Å². The molecule has 4 rings (SSSR count). The minimum atomic E-state index is 0.215. The van der Waals surface area contributed by atoms with Crippen molar-refractivity contribution in [2.45, 2.75) is 12.2 Å². The van der Waals surface area contributed by atoms with Crippen LogP contribution in [-0.4, -0.2) is 0 Å². The van der Waals surface area contributed by atoms with Crippen molar-refractivity contribution in [2.24, 2.45) is 0 Å². The Balaban J connectivity index is 1.66. The molecule has 1 aliphatic rings. The zero-order valence-corrected chi connectivity index (χ0v) is 10.5. The summed E-state index contributed by atoms with van der Waals surface area (Å²) in [6, 6.07) is 25.5. The van der Waals surface area contributed by atoms with Gasteiger partial charge in [0.05, 0.1) is 0 Å². The van der Waals surface area contributed by atoms with Gasteiger partial charge in [0.1, 0.15) is 12.2 Å². The van der Waals surface area contributed by atoms with Gasteiger partial charge in [0.15, 0.2) is 0 Å². The Morgan fingerprint density at radius 1 is 0.579 bits per heavy atom. The Hall–Kier alpha value is -2.12. The van der Waals surface area contributed by atoms with Gasteiger partial charge >= 0.3 is 0 Å². The Labute approximate surface area is 112 Å². The van der Waals surface area contributed by atoms with E-state index in [-0.39, 0.29) is 12.2 Å². The lowest BCUT2D eigenvalue weighted by Gasteiger charge is -2.01. The van der Waals surface area contributed by atoms with Crippen LogP contribution < -0.4 is 0 Å². The standard InChI is InChI=1S/C18H14O/c1-2-7-14(8-3-1)17-18(19-17)16-11-10-13-6-4-5-9-15(13)12-16/h1-12,17-18H/t17-,18+/m0/s1. The van der Waals surface area contributed by atoms with Crippen molar-refractivity contribution in [2.75, 3.05) is 0 Å². The SMILES string of the molecule is c1ccc([C@@H]2O[C@@H]2c2ccc3ccccc3c2)cc1. The van der Waals surface area contributed by atoms with Crippen molar-refractivity contribution in [3.63, 3.8) is 0 Å². The third kappa shape index (κ3) is 1.92. The van der Waals surface area contributed by atoms with E-state index in [9.17, 15) is 0 Å². The van der Waals surface area contributed by atoms with Crippen LogP contribution in [0.3, 0.4) is 0 Å². The first-order chi connectivity index (χ1) is 9.42. The molecule has 2 atom stereocenters. The number of epoxide rings is 1. The lowest BCUT2D eigenvalue weighted by Crippen LogP contribution is -1.84. The quantitative estimate of drug-likeness (QED) is 0.599. The molecule has 1 aliphatic heterocycles. The molecule has 0 N–H and O–H groups in total. The topological polar surface area (TPSA) is 12.5 Å². The van der Waals surface area contributed by atoms with Gasteiger partial charge in [-0.1, -0.05) is 66.7 Å². The van der Waals surface area contributed by atoms with E-state index < -0.39 is 0 Å². The van der Waals surface area contributed by atoms with Gasteiger partial charge in [0, 0.05) is 0 Å². The Bertz CT molecular complexity index is 718. The number of hydrogen-bond donors (Lipinski definition) is 0. The smallest absolute Gasteiger partial charge is 0.114 e. The molecule has 1 heteroatoms. The summed E-state index contributed by atoms with van der Waals surface area (Å²) in [5.74, 6) is 0. The molecule has 0 amide bonds. The molecule has 0 saturated carbocycles. The summed E-state index contributed by atoms with van der Waals surface area (Å²) in [4.78, 5) is 0. The fourth-order valence-corrected chi connectivity index (χ4v) is 2.65. The van der Waals surface area contributed by atoms with Crippen LogP contribution >= 0.6 is 0 Å². The minimum absolute atomic E-state index is 0.215. The molecule has 0 aromatic heterocycles. The molecule has 1 fully saturated rings. The number of ether oxygens (including phenoxy) is 1. The molecule has 0 radical (unpaired) electrons. The van der Waals surface area contributed by atoms with Crippen LogP contribution in [0.1, 0.15) is 23.3 Å². The molecule has 3 aromatic carbocycles. The highest BCUT2D eigenvalue weighted by molar-refractivity contribution is 5.83. The second kappa shape index (κ2) is 4.22. The van der Waals surface area contributed by atoms with Crippen LogP contribution in [0, 0.1) is 0 Å². The van der Waals surface area contributed by atoms with Crippen LogP contribution in [0.5, 0.6) is 0 Å². The zero-order valence-electron chi connectivity index (χ0n) is 10.5. The summed E-state index contributed by atoms with van der Waals surface area (Å²) in [6.45, 7) is 0. The summed E-state index contributed by atoms with van der Waals surface area (Å²) in [5, 5.41) is 2.56. The summed E-state index contributed by atoms with van der Waals surface area (Å²) >= 11 is 0. The van der Waals surface area contributed by atoms with Gasteiger partial charge in [0.2, 0.25) is 0 Å². The Morgan fingerprint density at radius 3 is 2.11 bits per heavy atom. The van der Waals surface area contributed by atoms with E-state index >= 15 is 0 Å². The van der Waals surface area contributed by atoms with Crippen molar-refractivity contribution in [1.82, 2.24) is 0 Å². The van der Waals surface area contributed by atoms with Gasteiger partial charge in [-0.05, 0) is 28.0 Å². The highest BCUT2D eigenvalue weighted by Crippen LogP contribution is 2.51. The van der Waals surface area contributed by atoms with Crippen molar-refractivity contribution >= 4 is 10.8 Å². The van der Waals surface area contributed by atoms with Gasteiger partial charge < -0.3 is 4.74 Å². The summed E-state index contributed by atoms with van der Waals surface area (Å²) in [5.41, 5.74) is 2.54. The summed E-state index contributed by atoms with van der Waals surface area (Å²) < 4.78 is 5.84. The first kappa shape index (κ1) is 10.8. The molecular weight excluding hydrogens is 232 g/mol. The van der Waals surface area contributed by atoms with Crippen LogP contribution in [0.4, 0.5) is 0 Å². The highest BCUT2D eigenvalue weighted by atomic mass is 16.6. The molecule has 1 nitrogen and oxygen atoms in total. The molecule has 0 aliphatic carbocycles. The third-order valence-corrected chi connectivity index (χ3v) is 3.72. The maximum absolute atomic E-state index is 5.84. The van der Waals surface area contributed by atoms with E-state index in [1.54, 1.807) is 0 Å². The molecule has 0 unspecified atom stereocenters. The molecular formula is C18H14O. The first-order valence-corrected chi connectivity index (χ1v) is 6.61. The molecule has 0 bridgehead atoms. The van der Waals surface area contributed by atoms with Crippen LogP contribution in [0.2, 0.25) is 0 Å². The average molecular weight is 246 g/mol. The van der Waals surface area contributed by atoms with E-state index in [2.05, 4.69) is 66.7 Å². The van der Waals surface area contributed by atoms with E-state index in [0.29, 0.717) is 0 Å². The molecule has 92 valence electrons. The average Bonchev–Trinajstić information content (AvgIpc) is 3.28.